The van der Waals surface area contributed by atoms with E-state index in [9.17, 15) is 14.4 Å². The van der Waals surface area contributed by atoms with Crippen LogP contribution in [0.15, 0.2) is 29.8 Å². The van der Waals surface area contributed by atoms with Crippen LogP contribution in [0.2, 0.25) is 0 Å². The second-order valence-electron chi connectivity index (χ2n) is 4.61. The van der Waals surface area contributed by atoms with E-state index in [0.717, 1.165) is 5.56 Å². The van der Waals surface area contributed by atoms with Crippen LogP contribution < -0.4 is 15.4 Å². The van der Waals surface area contributed by atoms with Crippen molar-refractivity contribution in [1.29, 1.82) is 0 Å². The van der Waals surface area contributed by atoms with Gasteiger partial charge in [-0.25, -0.2) is 9.59 Å². The summed E-state index contributed by atoms with van der Waals surface area (Å²) in [7, 11) is 1.38. The molecule has 1 aromatic carbocycles. The number of nitrogens with one attached hydrogen (secondary N) is 2. The van der Waals surface area contributed by atoms with Gasteiger partial charge in [0.15, 0.2) is 6.10 Å². The minimum absolute atomic E-state index is 0.0691. The van der Waals surface area contributed by atoms with Crippen LogP contribution in [-0.4, -0.2) is 37.7 Å². The molecule has 1 aromatic rings. The SMILES string of the molecule is CNC(=O)NC(=O)[C@@H](C)OC(=O)C1=Cc2ccccc2OC1. The number of fused-ring (bicyclic) bond motifs is 1. The molecule has 0 saturated carbocycles. The van der Waals surface area contributed by atoms with Gasteiger partial charge in [-0.05, 0) is 19.1 Å². The summed E-state index contributed by atoms with van der Waals surface area (Å²) in [6, 6.07) is 6.60. The first-order chi connectivity index (χ1) is 10.5. The Hall–Kier alpha value is -2.83. The Balaban J connectivity index is 2.00. The van der Waals surface area contributed by atoms with Crippen LogP contribution in [0.5, 0.6) is 5.75 Å². The molecule has 0 unspecified atom stereocenters. The number of carbonyl (C=O) groups is 3. The molecule has 2 N–H and O–H groups in total. The molecule has 1 heterocycles. The van der Waals surface area contributed by atoms with Crippen molar-refractivity contribution in [3.63, 3.8) is 0 Å². The number of ether oxygens (including phenoxy) is 2. The lowest BCUT2D eigenvalue weighted by Crippen LogP contribution is -2.43. The first kappa shape index (κ1) is 15.6. The van der Waals surface area contributed by atoms with Crippen LogP contribution in [0.4, 0.5) is 4.79 Å². The molecule has 0 radical (unpaired) electrons. The molecule has 0 saturated heterocycles. The maximum atomic E-state index is 12.0. The molecular formula is C15H16N2O5. The van der Waals surface area contributed by atoms with E-state index in [1.165, 1.54) is 14.0 Å². The van der Waals surface area contributed by atoms with Crippen LogP contribution in [0.3, 0.4) is 0 Å². The molecule has 7 nitrogen and oxygen atoms in total. The van der Waals surface area contributed by atoms with Crippen molar-refractivity contribution in [3.8, 4) is 5.75 Å². The minimum Gasteiger partial charge on any atom is -0.488 e. The van der Waals surface area contributed by atoms with E-state index >= 15 is 0 Å². The monoisotopic (exact) mass is 304 g/mol. The lowest BCUT2D eigenvalue weighted by molar-refractivity contribution is -0.151. The summed E-state index contributed by atoms with van der Waals surface area (Å²) in [6.45, 7) is 1.45. The highest BCUT2D eigenvalue weighted by molar-refractivity contribution is 5.99. The number of amides is 3. The Bertz CT molecular complexity index is 639. The normalized spacial score (nSPS) is 13.8. The number of hydrogen-bond acceptors (Lipinski definition) is 5. The van der Waals surface area contributed by atoms with Gasteiger partial charge in [0.25, 0.3) is 5.91 Å². The number of carbonyl (C=O) groups excluding carboxylic acids is 3. The van der Waals surface area contributed by atoms with Crippen molar-refractivity contribution in [2.24, 2.45) is 0 Å². The zero-order chi connectivity index (χ0) is 16.1. The molecule has 0 spiro atoms. The van der Waals surface area contributed by atoms with Crippen LogP contribution in [0.25, 0.3) is 6.08 Å². The van der Waals surface area contributed by atoms with Gasteiger partial charge < -0.3 is 14.8 Å². The average Bonchev–Trinajstić information content (AvgIpc) is 2.53. The van der Waals surface area contributed by atoms with E-state index in [0.29, 0.717) is 11.3 Å². The number of hydrogen-bond donors (Lipinski definition) is 2. The number of rotatable bonds is 3. The summed E-state index contributed by atoms with van der Waals surface area (Å²) >= 11 is 0. The molecule has 116 valence electrons. The zero-order valence-electron chi connectivity index (χ0n) is 12.2. The number of esters is 1. The van der Waals surface area contributed by atoms with Crippen molar-refractivity contribution in [1.82, 2.24) is 10.6 Å². The maximum Gasteiger partial charge on any atom is 0.338 e. The molecule has 0 aliphatic carbocycles. The van der Waals surface area contributed by atoms with E-state index in [1.807, 2.05) is 23.5 Å². The van der Waals surface area contributed by atoms with Crippen molar-refractivity contribution < 1.29 is 23.9 Å². The van der Waals surface area contributed by atoms with Gasteiger partial charge in [-0.3, -0.25) is 10.1 Å². The number of para-hydroxylation sites is 1. The summed E-state index contributed by atoms with van der Waals surface area (Å²) in [5, 5.41) is 4.27. The zero-order valence-corrected chi connectivity index (χ0v) is 12.2. The van der Waals surface area contributed by atoms with Gasteiger partial charge in [0.05, 0.1) is 5.57 Å². The largest absolute Gasteiger partial charge is 0.488 e. The van der Waals surface area contributed by atoms with Gasteiger partial charge >= 0.3 is 12.0 Å². The van der Waals surface area contributed by atoms with Gasteiger partial charge in [-0.1, -0.05) is 18.2 Å². The second kappa shape index (κ2) is 6.75. The van der Waals surface area contributed by atoms with Gasteiger partial charge in [0, 0.05) is 12.6 Å². The molecule has 22 heavy (non-hydrogen) atoms. The Labute approximate surface area is 127 Å². The van der Waals surface area contributed by atoms with Gasteiger partial charge in [-0.15, -0.1) is 0 Å². The Kier molecular flexibility index (Phi) is 4.77. The number of benzene rings is 1. The topological polar surface area (TPSA) is 93.7 Å². The van der Waals surface area contributed by atoms with Crippen molar-refractivity contribution >= 4 is 24.0 Å². The van der Waals surface area contributed by atoms with E-state index in [-0.39, 0.29) is 6.61 Å². The highest BCUT2D eigenvalue weighted by Crippen LogP contribution is 2.26. The molecule has 7 heteroatoms. The van der Waals surface area contributed by atoms with Crippen LogP contribution in [0.1, 0.15) is 12.5 Å². The summed E-state index contributed by atoms with van der Waals surface area (Å²) < 4.78 is 10.5. The third kappa shape index (κ3) is 3.63. The molecule has 0 fully saturated rings. The fraction of sp³-hybridized carbons (Fsp3) is 0.267. The average molecular weight is 304 g/mol. The van der Waals surface area contributed by atoms with E-state index in [2.05, 4.69) is 5.32 Å². The fourth-order valence-electron chi connectivity index (χ4n) is 1.80. The summed E-state index contributed by atoms with van der Waals surface area (Å²) in [5.74, 6) is -0.677. The lowest BCUT2D eigenvalue weighted by Gasteiger charge is -2.18. The standard InChI is InChI=1S/C15H16N2O5/c1-9(13(18)17-15(20)16-2)22-14(19)11-7-10-5-3-4-6-12(10)21-8-11/h3-7,9H,8H2,1-2H3,(H2,16,17,18,20)/t9-/m1/s1. The van der Waals surface area contributed by atoms with Crippen molar-refractivity contribution in [3.05, 3.63) is 35.4 Å². The van der Waals surface area contributed by atoms with Crippen LogP contribution in [-0.2, 0) is 14.3 Å². The minimum atomic E-state index is -1.09. The van der Waals surface area contributed by atoms with E-state index in [4.69, 9.17) is 9.47 Å². The number of urea groups is 1. The highest BCUT2D eigenvalue weighted by Gasteiger charge is 2.24. The van der Waals surface area contributed by atoms with Crippen molar-refractivity contribution in [2.45, 2.75) is 13.0 Å². The number of imide groups is 1. The van der Waals surface area contributed by atoms with Gasteiger partial charge in [0.1, 0.15) is 12.4 Å². The molecule has 0 aromatic heterocycles. The maximum absolute atomic E-state index is 12.0. The molecule has 1 aliphatic rings. The Morgan fingerprint density at radius 1 is 1.27 bits per heavy atom. The van der Waals surface area contributed by atoms with Crippen molar-refractivity contribution in [2.75, 3.05) is 13.7 Å². The summed E-state index contributed by atoms with van der Waals surface area (Å²) in [6.07, 6.45) is 0.563. The quantitative estimate of drug-likeness (QED) is 0.807. The molecule has 0 bridgehead atoms. The molecule has 2 rings (SSSR count). The van der Waals surface area contributed by atoms with Crippen LogP contribution in [0, 0.1) is 0 Å². The molecule has 3 amide bonds. The third-order valence-electron chi connectivity index (χ3n) is 3.01. The summed E-state index contributed by atoms with van der Waals surface area (Å²) in [5.41, 5.74) is 1.07. The third-order valence-corrected chi connectivity index (χ3v) is 3.01. The Morgan fingerprint density at radius 2 is 2.00 bits per heavy atom. The predicted molar refractivity (Wildman–Crippen MR) is 78.1 cm³/mol. The second-order valence-corrected chi connectivity index (χ2v) is 4.61. The lowest BCUT2D eigenvalue weighted by atomic mass is 10.1. The van der Waals surface area contributed by atoms with Gasteiger partial charge in [0.2, 0.25) is 0 Å². The van der Waals surface area contributed by atoms with E-state index in [1.54, 1.807) is 12.1 Å². The highest BCUT2D eigenvalue weighted by atomic mass is 16.6. The van der Waals surface area contributed by atoms with Crippen LogP contribution >= 0.6 is 0 Å². The molecular weight excluding hydrogens is 288 g/mol. The predicted octanol–water partition coefficient (Wildman–Crippen LogP) is 0.850. The molecule has 1 aliphatic heterocycles. The van der Waals surface area contributed by atoms with Gasteiger partial charge in [-0.2, -0.15) is 0 Å². The first-order valence-corrected chi connectivity index (χ1v) is 6.67. The fourth-order valence-corrected chi connectivity index (χ4v) is 1.80. The summed E-state index contributed by atoms with van der Waals surface area (Å²) in [4.78, 5) is 34.7. The Morgan fingerprint density at radius 3 is 2.73 bits per heavy atom. The first-order valence-electron chi connectivity index (χ1n) is 6.67. The van der Waals surface area contributed by atoms with E-state index < -0.39 is 24.0 Å². The smallest absolute Gasteiger partial charge is 0.338 e. The molecule has 1 atom stereocenters.